The lowest BCUT2D eigenvalue weighted by molar-refractivity contribution is 0.773. The van der Waals surface area contributed by atoms with Gasteiger partial charge in [0.25, 0.3) is 0 Å². The van der Waals surface area contributed by atoms with E-state index in [0.717, 1.165) is 17.1 Å². The van der Waals surface area contributed by atoms with Crippen molar-refractivity contribution in [2.75, 3.05) is 4.90 Å². The number of thiophene rings is 1. The zero-order chi connectivity index (χ0) is 42.6. The third-order valence-corrected chi connectivity index (χ3v) is 15.4. The van der Waals surface area contributed by atoms with E-state index < -0.39 is 5.41 Å². The fraction of sp³-hybridized carbons (Fsp3) is 0.0159. The average molecular weight is 842 g/mol. The number of hydrogen-bond donors (Lipinski definition) is 0. The monoisotopic (exact) mass is 841 g/mol. The van der Waals surface area contributed by atoms with E-state index in [9.17, 15) is 0 Å². The van der Waals surface area contributed by atoms with Crippen LogP contribution in [0.25, 0.3) is 86.2 Å². The molecule has 1 aromatic heterocycles. The molecule has 302 valence electrons. The summed E-state index contributed by atoms with van der Waals surface area (Å²) in [5.74, 6) is 0. The number of benzene rings is 11. The van der Waals surface area contributed by atoms with Gasteiger partial charge in [0.2, 0.25) is 0 Å². The van der Waals surface area contributed by atoms with Gasteiger partial charge in [0.15, 0.2) is 0 Å². The normalized spacial score (nSPS) is 13.0. The highest BCUT2D eigenvalue weighted by molar-refractivity contribution is 7.25. The van der Waals surface area contributed by atoms with Crippen LogP contribution in [-0.2, 0) is 5.41 Å². The van der Waals surface area contributed by atoms with Crippen molar-refractivity contribution in [1.29, 1.82) is 0 Å². The summed E-state index contributed by atoms with van der Waals surface area (Å²) in [6.45, 7) is 0. The molecule has 1 nitrogen and oxygen atoms in total. The van der Waals surface area contributed by atoms with Crippen molar-refractivity contribution in [2.24, 2.45) is 0 Å². The fourth-order valence-corrected chi connectivity index (χ4v) is 12.6. The Bertz CT molecular complexity index is 3850. The van der Waals surface area contributed by atoms with Crippen LogP contribution in [-0.4, -0.2) is 0 Å². The number of rotatable bonds is 5. The quantitative estimate of drug-likeness (QED) is 0.167. The second-order valence-electron chi connectivity index (χ2n) is 17.6. The molecular weight excluding hydrogens is 803 g/mol. The largest absolute Gasteiger partial charge is 0.310 e. The first-order valence-corrected chi connectivity index (χ1v) is 23.3. The Morgan fingerprint density at radius 1 is 0.308 bits per heavy atom. The molecule has 0 bridgehead atoms. The highest BCUT2D eigenvalue weighted by Gasteiger charge is 2.49. The van der Waals surface area contributed by atoms with E-state index in [1.165, 1.54) is 108 Å². The maximum Gasteiger partial charge on any atom is 0.0725 e. The molecule has 2 aliphatic carbocycles. The molecule has 1 heterocycles. The van der Waals surface area contributed by atoms with Crippen LogP contribution >= 0.6 is 11.3 Å². The van der Waals surface area contributed by atoms with E-state index in [1.807, 2.05) is 11.3 Å². The summed E-state index contributed by atoms with van der Waals surface area (Å²) in [7, 11) is 0. The van der Waals surface area contributed by atoms with Crippen LogP contribution in [0, 0.1) is 0 Å². The summed E-state index contributed by atoms with van der Waals surface area (Å²) in [4.78, 5) is 2.42. The summed E-state index contributed by atoms with van der Waals surface area (Å²) in [5.41, 5.74) is 18.5. The minimum atomic E-state index is -0.415. The van der Waals surface area contributed by atoms with Gasteiger partial charge in [0, 0.05) is 36.9 Å². The third-order valence-electron chi connectivity index (χ3n) is 14.3. The van der Waals surface area contributed by atoms with Gasteiger partial charge in [-0.05, 0) is 131 Å². The molecular formula is C63H39NS. The van der Waals surface area contributed by atoms with Crippen LogP contribution in [0.15, 0.2) is 237 Å². The van der Waals surface area contributed by atoms with Gasteiger partial charge >= 0.3 is 0 Å². The third kappa shape index (κ3) is 5.26. The SMILES string of the molecule is c1cc(-c2ccc(N(c3ccc4c(c3)sc3ccccc34)c3cccc4ccccc34)cc2)cc(-c2ccc3c(c2)-c2cccc4cccc(c24)C32c3ccccc3-c3ccccc32)c1. The Morgan fingerprint density at radius 3 is 1.69 bits per heavy atom. The topological polar surface area (TPSA) is 3.24 Å². The molecule has 65 heavy (non-hydrogen) atoms. The van der Waals surface area contributed by atoms with Crippen molar-refractivity contribution in [3.05, 3.63) is 259 Å². The number of hydrogen-bond acceptors (Lipinski definition) is 2. The van der Waals surface area contributed by atoms with E-state index in [0.29, 0.717) is 0 Å². The highest BCUT2D eigenvalue weighted by Crippen LogP contribution is 2.62. The molecule has 2 heteroatoms. The molecule has 12 aromatic rings. The van der Waals surface area contributed by atoms with Gasteiger partial charge in [-0.25, -0.2) is 0 Å². The highest BCUT2D eigenvalue weighted by atomic mass is 32.1. The minimum absolute atomic E-state index is 0.415. The van der Waals surface area contributed by atoms with Gasteiger partial charge in [0.05, 0.1) is 11.1 Å². The van der Waals surface area contributed by atoms with Gasteiger partial charge < -0.3 is 4.90 Å². The molecule has 0 atom stereocenters. The minimum Gasteiger partial charge on any atom is -0.310 e. The maximum atomic E-state index is 2.46. The van der Waals surface area contributed by atoms with Crippen molar-refractivity contribution < 1.29 is 0 Å². The summed E-state index contributed by atoms with van der Waals surface area (Å²) >= 11 is 1.86. The zero-order valence-electron chi connectivity index (χ0n) is 35.4. The van der Waals surface area contributed by atoms with Gasteiger partial charge in [-0.1, -0.05) is 188 Å². The Kier molecular flexibility index (Phi) is 7.84. The molecule has 0 saturated carbocycles. The zero-order valence-corrected chi connectivity index (χ0v) is 36.2. The smallest absolute Gasteiger partial charge is 0.0725 e. The second kappa shape index (κ2) is 14.0. The van der Waals surface area contributed by atoms with Gasteiger partial charge in [-0.15, -0.1) is 11.3 Å². The Labute approximate surface area is 381 Å². The summed E-state index contributed by atoms with van der Waals surface area (Å²) in [6.07, 6.45) is 0. The van der Waals surface area contributed by atoms with Gasteiger partial charge in [-0.3, -0.25) is 0 Å². The predicted molar refractivity (Wildman–Crippen MR) is 276 cm³/mol. The van der Waals surface area contributed by atoms with Crippen LogP contribution in [0.2, 0.25) is 0 Å². The van der Waals surface area contributed by atoms with E-state index in [-0.39, 0.29) is 0 Å². The number of nitrogens with zero attached hydrogens (tertiary/aromatic N) is 1. The van der Waals surface area contributed by atoms with Crippen LogP contribution in [0.5, 0.6) is 0 Å². The Balaban J connectivity index is 0.885. The molecule has 0 saturated heterocycles. The molecule has 2 aliphatic rings. The molecule has 0 fully saturated rings. The van der Waals surface area contributed by atoms with Crippen molar-refractivity contribution in [1.82, 2.24) is 0 Å². The Morgan fingerprint density at radius 2 is 0.862 bits per heavy atom. The molecule has 0 N–H and O–H groups in total. The lowest BCUT2D eigenvalue weighted by atomic mass is 9.61. The van der Waals surface area contributed by atoms with E-state index >= 15 is 0 Å². The van der Waals surface area contributed by atoms with E-state index in [1.54, 1.807) is 0 Å². The van der Waals surface area contributed by atoms with Crippen molar-refractivity contribution in [3.63, 3.8) is 0 Å². The van der Waals surface area contributed by atoms with E-state index in [2.05, 4.69) is 241 Å². The van der Waals surface area contributed by atoms with Crippen LogP contribution in [0.1, 0.15) is 22.3 Å². The maximum absolute atomic E-state index is 2.46. The van der Waals surface area contributed by atoms with Crippen molar-refractivity contribution in [3.8, 4) is 44.5 Å². The van der Waals surface area contributed by atoms with Gasteiger partial charge in [0.1, 0.15) is 0 Å². The lowest BCUT2D eigenvalue weighted by Crippen LogP contribution is -2.31. The molecule has 0 unspecified atom stereocenters. The van der Waals surface area contributed by atoms with Gasteiger partial charge in [-0.2, -0.15) is 0 Å². The first-order valence-electron chi connectivity index (χ1n) is 22.5. The molecule has 11 aromatic carbocycles. The molecule has 1 spiro atoms. The second-order valence-corrected chi connectivity index (χ2v) is 18.6. The van der Waals surface area contributed by atoms with Crippen molar-refractivity contribution >= 4 is 70.1 Å². The molecule has 0 amide bonds. The molecule has 0 aliphatic heterocycles. The summed E-state index contributed by atoms with van der Waals surface area (Å²) in [6, 6.07) is 88.3. The van der Waals surface area contributed by atoms with E-state index in [4.69, 9.17) is 0 Å². The molecule has 14 rings (SSSR count). The average Bonchev–Trinajstić information content (AvgIpc) is 3.89. The first-order chi connectivity index (χ1) is 32.2. The fourth-order valence-electron chi connectivity index (χ4n) is 11.5. The standard InChI is InChI=1S/C63H39NS/c1-2-19-48-41(13-1)14-12-27-59(48)64(47-34-35-52-51-22-5-8-28-60(51)65-61(52)39-47)46-32-29-40(30-33-46)43-17-9-18-44(37-43)45-31-36-57-54(38-45)53-23-10-15-42-16-11-26-58(62(42)53)63(57)55-24-6-3-20-49(55)50-21-4-7-25-56(50)63/h1-39H. The number of anilines is 3. The van der Waals surface area contributed by atoms with Crippen LogP contribution in [0.4, 0.5) is 17.1 Å². The number of fused-ring (bicyclic) bond motifs is 13. The molecule has 0 radical (unpaired) electrons. The summed E-state index contributed by atoms with van der Waals surface area (Å²) in [5, 5.41) is 7.69. The first kappa shape index (κ1) is 36.4. The van der Waals surface area contributed by atoms with Crippen molar-refractivity contribution in [2.45, 2.75) is 5.41 Å². The van der Waals surface area contributed by atoms with Crippen LogP contribution < -0.4 is 4.90 Å². The summed E-state index contributed by atoms with van der Waals surface area (Å²) < 4.78 is 2.61. The predicted octanol–water partition coefficient (Wildman–Crippen LogP) is 17.5. The van der Waals surface area contributed by atoms with Crippen LogP contribution in [0.3, 0.4) is 0 Å². The Hall–Kier alpha value is -8.04. The lowest BCUT2D eigenvalue weighted by Gasteiger charge is -2.40.